The number of anilines is 1. The van der Waals surface area contributed by atoms with Crippen LogP contribution in [-0.4, -0.2) is 27.2 Å². The van der Waals surface area contributed by atoms with Gasteiger partial charge in [0, 0.05) is 11.4 Å². The van der Waals surface area contributed by atoms with E-state index in [2.05, 4.69) is 15.5 Å². The first-order valence-corrected chi connectivity index (χ1v) is 6.73. The minimum Gasteiger partial charge on any atom is -0.481 e. The van der Waals surface area contributed by atoms with E-state index in [-0.39, 0.29) is 22.9 Å². The van der Waals surface area contributed by atoms with E-state index in [1.807, 2.05) is 13.8 Å². The van der Waals surface area contributed by atoms with E-state index in [0.29, 0.717) is 0 Å². The van der Waals surface area contributed by atoms with Gasteiger partial charge in [-0.2, -0.15) is 5.10 Å². The fraction of sp³-hybridized carbons (Fsp3) is 0.267. The highest BCUT2D eigenvalue weighted by atomic mass is 19.1. The molecule has 2 aromatic rings. The molecule has 0 saturated heterocycles. The zero-order valence-electron chi connectivity index (χ0n) is 12.2. The SMILES string of the molecule is CC(C)c1cc(C(=O)Nc2ccc(CC(=O)O)c(F)c2)n[nH]1. The monoisotopic (exact) mass is 305 g/mol. The highest BCUT2D eigenvalue weighted by Gasteiger charge is 2.14. The Bertz CT molecular complexity index is 710. The standard InChI is InChI=1S/C15H16FN3O3/c1-8(2)12-7-13(19-18-12)15(22)17-10-4-3-9(5-14(20)21)11(16)6-10/h3-4,6-8H,5H2,1-2H3,(H,17,22)(H,18,19)(H,20,21). The zero-order chi connectivity index (χ0) is 16.3. The van der Waals surface area contributed by atoms with Crippen LogP contribution in [0.5, 0.6) is 0 Å². The summed E-state index contributed by atoms with van der Waals surface area (Å²) in [5.41, 5.74) is 1.34. The van der Waals surface area contributed by atoms with Crippen molar-refractivity contribution in [2.24, 2.45) is 0 Å². The number of aromatic nitrogens is 2. The van der Waals surface area contributed by atoms with Gasteiger partial charge in [-0.15, -0.1) is 0 Å². The van der Waals surface area contributed by atoms with Crippen molar-refractivity contribution >= 4 is 17.6 Å². The fourth-order valence-electron chi connectivity index (χ4n) is 1.88. The van der Waals surface area contributed by atoms with E-state index >= 15 is 0 Å². The predicted octanol–water partition coefficient (Wildman–Crippen LogP) is 2.55. The third-order valence-electron chi connectivity index (χ3n) is 3.10. The normalized spacial score (nSPS) is 10.7. The fourth-order valence-corrected chi connectivity index (χ4v) is 1.88. The number of benzene rings is 1. The summed E-state index contributed by atoms with van der Waals surface area (Å²) in [6.07, 6.45) is -0.406. The summed E-state index contributed by atoms with van der Waals surface area (Å²) in [5, 5.41) is 17.8. The molecule has 0 aliphatic heterocycles. The largest absolute Gasteiger partial charge is 0.481 e. The molecule has 1 aromatic carbocycles. The third kappa shape index (κ3) is 3.69. The molecule has 0 atom stereocenters. The number of halogens is 1. The lowest BCUT2D eigenvalue weighted by Gasteiger charge is -2.05. The van der Waals surface area contributed by atoms with Gasteiger partial charge < -0.3 is 10.4 Å². The lowest BCUT2D eigenvalue weighted by atomic mass is 10.1. The molecular weight excluding hydrogens is 289 g/mol. The number of hydrogen-bond donors (Lipinski definition) is 3. The number of hydrogen-bond acceptors (Lipinski definition) is 3. The molecule has 116 valence electrons. The van der Waals surface area contributed by atoms with Crippen molar-refractivity contribution in [1.82, 2.24) is 10.2 Å². The molecule has 0 aliphatic rings. The Hall–Kier alpha value is -2.70. The first-order chi connectivity index (χ1) is 10.4. The van der Waals surface area contributed by atoms with Gasteiger partial charge in [0.25, 0.3) is 5.91 Å². The van der Waals surface area contributed by atoms with Crippen LogP contribution in [0.4, 0.5) is 10.1 Å². The van der Waals surface area contributed by atoms with Gasteiger partial charge in [0.05, 0.1) is 6.42 Å². The highest BCUT2D eigenvalue weighted by molar-refractivity contribution is 6.02. The summed E-state index contributed by atoms with van der Waals surface area (Å²) in [5.74, 6) is -2.05. The smallest absolute Gasteiger partial charge is 0.307 e. The maximum Gasteiger partial charge on any atom is 0.307 e. The second-order valence-corrected chi connectivity index (χ2v) is 5.19. The number of amides is 1. The Morgan fingerprint density at radius 1 is 1.36 bits per heavy atom. The molecule has 1 aromatic heterocycles. The zero-order valence-corrected chi connectivity index (χ0v) is 12.2. The molecular formula is C15H16FN3O3. The van der Waals surface area contributed by atoms with E-state index in [0.717, 1.165) is 11.8 Å². The quantitative estimate of drug-likeness (QED) is 0.791. The van der Waals surface area contributed by atoms with Gasteiger partial charge in [-0.1, -0.05) is 19.9 Å². The second kappa shape index (κ2) is 6.38. The molecule has 3 N–H and O–H groups in total. The average molecular weight is 305 g/mol. The lowest BCUT2D eigenvalue weighted by molar-refractivity contribution is -0.136. The minimum atomic E-state index is -1.12. The molecule has 0 unspecified atom stereocenters. The predicted molar refractivity (Wildman–Crippen MR) is 78.4 cm³/mol. The maximum atomic E-state index is 13.7. The molecule has 0 spiro atoms. The number of H-pyrrole nitrogens is 1. The molecule has 0 bridgehead atoms. The topological polar surface area (TPSA) is 95.1 Å². The molecule has 0 saturated carbocycles. The van der Waals surface area contributed by atoms with Crippen molar-refractivity contribution in [1.29, 1.82) is 0 Å². The Morgan fingerprint density at radius 2 is 2.09 bits per heavy atom. The number of nitrogens with zero attached hydrogens (tertiary/aromatic N) is 1. The number of carbonyl (C=O) groups excluding carboxylic acids is 1. The molecule has 0 radical (unpaired) electrons. The van der Waals surface area contributed by atoms with E-state index < -0.39 is 24.1 Å². The Balaban J connectivity index is 2.11. The van der Waals surface area contributed by atoms with Crippen molar-refractivity contribution in [3.05, 3.63) is 47.0 Å². The first kappa shape index (κ1) is 15.7. The van der Waals surface area contributed by atoms with Gasteiger partial charge in [0.1, 0.15) is 5.82 Å². The molecule has 22 heavy (non-hydrogen) atoms. The minimum absolute atomic E-state index is 0.0624. The third-order valence-corrected chi connectivity index (χ3v) is 3.10. The highest BCUT2D eigenvalue weighted by Crippen LogP contribution is 2.17. The Morgan fingerprint density at radius 3 is 2.64 bits per heavy atom. The van der Waals surface area contributed by atoms with Gasteiger partial charge >= 0.3 is 5.97 Å². The van der Waals surface area contributed by atoms with Gasteiger partial charge in [0.2, 0.25) is 0 Å². The van der Waals surface area contributed by atoms with Gasteiger partial charge in [0.15, 0.2) is 5.69 Å². The second-order valence-electron chi connectivity index (χ2n) is 5.19. The molecule has 1 heterocycles. The molecule has 2 rings (SSSR count). The summed E-state index contributed by atoms with van der Waals surface area (Å²) < 4.78 is 13.7. The maximum absolute atomic E-state index is 13.7. The van der Waals surface area contributed by atoms with Crippen LogP contribution in [0, 0.1) is 5.82 Å². The van der Waals surface area contributed by atoms with E-state index in [1.165, 1.54) is 12.1 Å². The number of aliphatic carboxylic acids is 1. The van der Waals surface area contributed by atoms with Gasteiger partial charge in [-0.3, -0.25) is 14.7 Å². The van der Waals surface area contributed by atoms with Crippen molar-refractivity contribution in [3.63, 3.8) is 0 Å². The number of carboxylic acid groups (broad SMARTS) is 1. The number of rotatable bonds is 5. The molecule has 7 heteroatoms. The lowest BCUT2D eigenvalue weighted by Crippen LogP contribution is -2.13. The van der Waals surface area contributed by atoms with Crippen LogP contribution in [0.1, 0.15) is 41.5 Å². The Kier molecular flexibility index (Phi) is 4.55. The molecule has 0 fully saturated rings. The van der Waals surface area contributed by atoms with Crippen LogP contribution in [0.3, 0.4) is 0 Å². The molecule has 6 nitrogen and oxygen atoms in total. The van der Waals surface area contributed by atoms with Crippen molar-refractivity contribution in [3.8, 4) is 0 Å². The van der Waals surface area contributed by atoms with Crippen LogP contribution in [0.25, 0.3) is 0 Å². The number of carbonyl (C=O) groups is 2. The van der Waals surface area contributed by atoms with Crippen LogP contribution in [-0.2, 0) is 11.2 Å². The summed E-state index contributed by atoms with van der Waals surface area (Å²) in [6.45, 7) is 3.93. The van der Waals surface area contributed by atoms with Crippen molar-refractivity contribution < 1.29 is 19.1 Å². The van der Waals surface area contributed by atoms with E-state index in [1.54, 1.807) is 6.07 Å². The number of nitrogens with one attached hydrogen (secondary N) is 2. The molecule has 0 aliphatic carbocycles. The van der Waals surface area contributed by atoms with Crippen molar-refractivity contribution in [2.75, 3.05) is 5.32 Å². The number of carboxylic acids is 1. The van der Waals surface area contributed by atoms with E-state index in [9.17, 15) is 14.0 Å². The summed E-state index contributed by atoms with van der Waals surface area (Å²) in [6, 6.07) is 5.51. The average Bonchev–Trinajstić information content (AvgIpc) is 2.91. The first-order valence-electron chi connectivity index (χ1n) is 6.73. The van der Waals surface area contributed by atoms with Crippen LogP contribution in [0.15, 0.2) is 24.3 Å². The number of aromatic amines is 1. The van der Waals surface area contributed by atoms with Crippen LogP contribution >= 0.6 is 0 Å². The molecule has 1 amide bonds. The van der Waals surface area contributed by atoms with E-state index in [4.69, 9.17) is 5.11 Å². The van der Waals surface area contributed by atoms with Gasteiger partial charge in [-0.25, -0.2) is 4.39 Å². The summed E-state index contributed by atoms with van der Waals surface area (Å²) in [4.78, 5) is 22.6. The van der Waals surface area contributed by atoms with Crippen LogP contribution < -0.4 is 5.32 Å². The summed E-state index contributed by atoms with van der Waals surface area (Å²) >= 11 is 0. The Labute approximate surface area is 126 Å². The van der Waals surface area contributed by atoms with Crippen molar-refractivity contribution in [2.45, 2.75) is 26.2 Å². The van der Waals surface area contributed by atoms with Gasteiger partial charge in [-0.05, 0) is 29.7 Å². The van der Waals surface area contributed by atoms with Crippen LogP contribution in [0.2, 0.25) is 0 Å². The summed E-state index contributed by atoms with van der Waals surface area (Å²) in [7, 11) is 0.